The minimum Gasteiger partial charge on any atom is -0.216 e. The van der Waals surface area contributed by atoms with Crippen LogP contribution in [0.15, 0.2) is 41.8 Å². The molecular weight excluding hydrogens is 374 g/mol. The lowest BCUT2D eigenvalue weighted by atomic mass is 9.97. The number of rotatable bonds is 2. The molecular formula is C20H15N5S2. The Balaban J connectivity index is 1.72. The minimum atomic E-state index is 0.769. The summed E-state index contributed by atoms with van der Waals surface area (Å²) in [4.78, 5) is 13.5. The lowest BCUT2D eigenvalue weighted by molar-refractivity contribution is 0.699. The Labute approximate surface area is 163 Å². The zero-order valence-electron chi connectivity index (χ0n) is 14.4. The second-order valence-corrected chi connectivity index (χ2v) is 8.76. The van der Waals surface area contributed by atoms with E-state index in [0.717, 1.165) is 50.6 Å². The van der Waals surface area contributed by atoms with E-state index in [0.29, 0.717) is 0 Å². The highest BCUT2D eigenvalue weighted by Crippen LogP contribution is 2.39. The highest BCUT2D eigenvalue weighted by atomic mass is 32.1. The van der Waals surface area contributed by atoms with Gasteiger partial charge in [-0.05, 0) is 54.8 Å². The smallest absolute Gasteiger partial charge is 0.173 e. The van der Waals surface area contributed by atoms with Gasteiger partial charge in [0.25, 0.3) is 0 Å². The van der Waals surface area contributed by atoms with Crippen molar-refractivity contribution in [1.29, 1.82) is 0 Å². The first-order valence-electron chi connectivity index (χ1n) is 9.05. The second-order valence-electron chi connectivity index (χ2n) is 6.73. The van der Waals surface area contributed by atoms with Crippen LogP contribution in [0.1, 0.15) is 23.3 Å². The van der Waals surface area contributed by atoms with Gasteiger partial charge < -0.3 is 0 Å². The number of nitrogens with zero attached hydrogens (tertiary/aromatic N) is 5. The number of benzene rings is 1. The molecule has 0 fully saturated rings. The fraction of sp³-hybridized carbons (Fsp3) is 0.200. The lowest BCUT2D eigenvalue weighted by Crippen LogP contribution is -2.05. The van der Waals surface area contributed by atoms with E-state index in [9.17, 15) is 0 Å². The average molecular weight is 390 g/mol. The molecule has 0 spiro atoms. The molecule has 0 aliphatic heterocycles. The van der Waals surface area contributed by atoms with Crippen LogP contribution in [0.25, 0.3) is 37.8 Å². The van der Waals surface area contributed by atoms with Gasteiger partial charge in [-0.25, -0.2) is 9.97 Å². The van der Waals surface area contributed by atoms with Crippen molar-refractivity contribution in [3.8, 4) is 16.5 Å². The molecule has 0 N–H and O–H groups in total. The number of aromatic nitrogens is 5. The predicted octanol–water partition coefficient (Wildman–Crippen LogP) is 5.03. The first kappa shape index (κ1) is 15.4. The summed E-state index contributed by atoms with van der Waals surface area (Å²) in [5.74, 6) is 1.63. The molecule has 1 aliphatic rings. The Hall–Kier alpha value is -2.64. The number of hydrogen-bond donors (Lipinski definition) is 0. The van der Waals surface area contributed by atoms with Gasteiger partial charge in [-0.3, -0.25) is 0 Å². The number of thiophene rings is 2. The van der Waals surface area contributed by atoms with Crippen LogP contribution >= 0.6 is 22.7 Å². The van der Waals surface area contributed by atoms with Gasteiger partial charge in [0.2, 0.25) is 0 Å². The third kappa shape index (κ3) is 2.35. The molecule has 1 aromatic carbocycles. The summed E-state index contributed by atoms with van der Waals surface area (Å²) in [5.41, 5.74) is 3.27. The number of fused-ring (bicyclic) bond motifs is 4. The van der Waals surface area contributed by atoms with E-state index in [4.69, 9.17) is 9.97 Å². The second kappa shape index (κ2) is 5.94. The third-order valence-electron chi connectivity index (χ3n) is 5.09. The van der Waals surface area contributed by atoms with Crippen LogP contribution in [0.5, 0.6) is 0 Å². The zero-order valence-corrected chi connectivity index (χ0v) is 16.1. The molecule has 1 aliphatic carbocycles. The fourth-order valence-electron chi connectivity index (χ4n) is 3.83. The summed E-state index contributed by atoms with van der Waals surface area (Å²) in [6.07, 6.45) is 4.72. The summed E-state index contributed by atoms with van der Waals surface area (Å²) in [7, 11) is 0. The van der Waals surface area contributed by atoms with Gasteiger partial charge in [-0.1, -0.05) is 23.4 Å². The Morgan fingerprint density at radius 2 is 1.89 bits per heavy atom. The molecule has 27 heavy (non-hydrogen) atoms. The van der Waals surface area contributed by atoms with Gasteiger partial charge in [0.15, 0.2) is 11.6 Å². The first-order valence-corrected chi connectivity index (χ1v) is 10.7. The molecule has 0 saturated heterocycles. The average Bonchev–Trinajstić information content (AvgIpc) is 3.44. The van der Waals surface area contributed by atoms with Gasteiger partial charge in [0.05, 0.1) is 15.8 Å². The monoisotopic (exact) mass is 389 g/mol. The van der Waals surface area contributed by atoms with Crippen molar-refractivity contribution in [1.82, 2.24) is 25.0 Å². The fourth-order valence-corrected chi connectivity index (χ4v) is 5.75. The number of aryl methyl sites for hydroxylation is 2. The standard InChI is InChI=1S/C20H15N5S2/c1-4-9-15-12(6-1)17-19(25-14-8-3-2-7-13(14)23-24-25)21-18(22-20(17)27-15)16-10-5-11-26-16/h2-3,5,7-8,10-11H,1,4,6,9H2. The van der Waals surface area contributed by atoms with Gasteiger partial charge in [-0.2, -0.15) is 4.68 Å². The summed E-state index contributed by atoms with van der Waals surface area (Å²) >= 11 is 3.48. The predicted molar refractivity (Wildman–Crippen MR) is 110 cm³/mol. The maximum Gasteiger partial charge on any atom is 0.173 e. The van der Waals surface area contributed by atoms with E-state index in [2.05, 4.69) is 21.8 Å². The Morgan fingerprint density at radius 3 is 2.81 bits per heavy atom. The highest BCUT2D eigenvalue weighted by Gasteiger charge is 2.23. The van der Waals surface area contributed by atoms with Crippen molar-refractivity contribution >= 4 is 43.9 Å². The number of hydrogen-bond acceptors (Lipinski definition) is 6. The molecule has 0 radical (unpaired) electrons. The van der Waals surface area contributed by atoms with Crippen molar-refractivity contribution in [2.45, 2.75) is 25.7 Å². The van der Waals surface area contributed by atoms with E-state index in [1.54, 1.807) is 11.3 Å². The maximum absolute atomic E-state index is 4.98. The van der Waals surface area contributed by atoms with Crippen LogP contribution in [0.2, 0.25) is 0 Å². The molecule has 0 bridgehead atoms. The topological polar surface area (TPSA) is 56.5 Å². The van der Waals surface area contributed by atoms with Crippen LogP contribution in [0.4, 0.5) is 0 Å². The molecule has 7 heteroatoms. The molecule has 0 amide bonds. The Morgan fingerprint density at radius 1 is 0.963 bits per heavy atom. The van der Waals surface area contributed by atoms with Crippen LogP contribution in [0, 0.1) is 0 Å². The highest BCUT2D eigenvalue weighted by molar-refractivity contribution is 7.19. The normalized spacial score (nSPS) is 14.1. The minimum absolute atomic E-state index is 0.769. The molecule has 0 unspecified atom stereocenters. The largest absolute Gasteiger partial charge is 0.216 e. The number of para-hydroxylation sites is 1. The Kier molecular flexibility index (Phi) is 3.39. The molecule has 5 nitrogen and oxygen atoms in total. The molecule has 4 aromatic heterocycles. The van der Waals surface area contributed by atoms with E-state index in [1.165, 1.54) is 23.3 Å². The van der Waals surface area contributed by atoms with Gasteiger partial charge in [-0.15, -0.1) is 27.8 Å². The summed E-state index contributed by atoms with van der Waals surface area (Å²) < 4.78 is 1.89. The Bertz CT molecular complexity index is 1280. The lowest BCUT2D eigenvalue weighted by Gasteiger charge is -2.12. The molecule has 6 rings (SSSR count). The van der Waals surface area contributed by atoms with E-state index >= 15 is 0 Å². The van der Waals surface area contributed by atoms with Gasteiger partial charge >= 0.3 is 0 Å². The molecule has 132 valence electrons. The van der Waals surface area contributed by atoms with Crippen LogP contribution in [0.3, 0.4) is 0 Å². The van der Waals surface area contributed by atoms with Crippen LogP contribution in [-0.4, -0.2) is 25.0 Å². The first-order chi connectivity index (χ1) is 13.4. The molecule has 5 aromatic rings. The van der Waals surface area contributed by atoms with Crippen molar-refractivity contribution in [3.63, 3.8) is 0 Å². The van der Waals surface area contributed by atoms with Gasteiger partial charge in [0, 0.05) is 4.88 Å². The van der Waals surface area contributed by atoms with E-state index in [-0.39, 0.29) is 0 Å². The molecule has 4 heterocycles. The van der Waals surface area contributed by atoms with E-state index < -0.39 is 0 Å². The summed E-state index contributed by atoms with van der Waals surface area (Å²) in [5, 5.41) is 12.0. The van der Waals surface area contributed by atoms with Crippen molar-refractivity contribution in [2.24, 2.45) is 0 Å². The SMILES string of the molecule is c1csc(-c2nc(-n3nnc4ccccc43)c3c4c(sc3n2)CCCC4)c1. The third-order valence-corrected chi connectivity index (χ3v) is 7.14. The molecule has 0 saturated carbocycles. The van der Waals surface area contributed by atoms with E-state index in [1.807, 2.05) is 46.4 Å². The zero-order chi connectivity index (χ0) is 17.8. The van der Waals surface area contributed by atoms with Crippen molar-refractivity contribution < 1.29 is 0 Å². The van der Waals surface area contributed by atoms with Gasteiger partial charge in [0.1, 0.15) is 10.3 Å². The van der Waals surface area contributed by atoms with Crippen molar-refractivity contribution in [2.75, 3.05) is 0 Å². The quantitative estimate of drug-likeness (QED) is 0.425. The molecule has 0 atom stereocenters. The van der Waals surface area contributed by atoms with Crippen LogP contribution < -0.4 is 0 Å². The van der Waals surface area contributed by atoms with Crippen molar-refractivity contribution in [3.05, 3.63) is 52.2 Å². The van der Waals surface area contributed by atoms with Crippen LogP contribution in [-0.2, 0) is 12.8 Å². The summed E-state index contributed by atoms with van der Waals surface area (Å²) in [6.45, 7) is 0. The maximum atomic E-state index is 4.98. The summed E-state index contributed by atoms with van der Waals surface area (Å²) in [6, 6.07) is 12.2.